The maximum Gasteiger partial charge on any atom is 0.332 e. The summed E-state index contributed by atoms with van der Waals surface area (Å²) in [6, 6.07) is 0.257. The summed E-state index contributed by atoms with van der Waals surface area (Å²) < 4.78 is 0. The summed E-state index contributed by atoms with van der Waals surface area (Å²) >= 11 is 0. The van der Waals surface area contributed by atoms with Crippen molar-refractivity contribution < 1.29 is 4.92 Å². The molecule has 2 unspecified atom stereocenters. The van der Waals surface area contributed by atoms with Gasteiger partial charge in [-0.25, -0.2) is 4.98 Å². The summed E-state index contributed by atoms with van der Waals surface area (Å²) in [5.41, 5.74) is 0.344. The van der Waals surface area contributed by atoms with Gasteiger partial charge in [-0.2, -0.15) is 4.98 Å². The van der Waals surface area contributed by atoms with E-state index >= 15 is 0 Å². The molecule has 7 nitrogen and oxygen atoms in total. The molecule has 104 valence electrons. The van der Waals surface area contributed by atoms with E-state index in [0.717, 1.165) is 19.3 Å². The van der Waals surface area contributed by atoms with Crippen LogP contribution in [-0.4, -0.2) is 28.0 Å². The van der Waals surface area contributed by atoms with Crippen LogP contribution in [0.4, 0.5) is 17.5 Å². The lowest BCUT2D eigenvalue weighted by atomic mass is 10.1. The molecule has 19 heavy (non-hydrogen) atoms. The number of hydrogen-bond donors (Lipinski definition) is 2. The van der Waals surface area contributed by atoms with E-state index in [1.807, 2.05) is 0 Å². The van der Waals surface area contributed by atoms with Crippen molar-refractivity contribution >= 4 is 17.5 Å². The molecule has 1 aromatic rings. The molecule has 1 fully saturated rings. The van der Waals surface area contributed by atoms with Crippen molar-refractivity contribution in [3.8, 4) is 0 Å². The molecule has 2 atom stereocenters. The van der Waals surface area contributed by atoms with Crippen LogP contribution in [0.15, 0.2) is 0 Å². The van der Waals surface area contributed by atoms with Gasteiger partial charge in [0, 0.05) is 13.1 Å². The largest absolute Gasteiger partial charge is 0.361 e. The minimum absolute atomic E-state index is 0.0291. The summed E-state index contributed by atoms with van der Waals surface area (Å²) in [5, 5.41) is 17.2. The fourth-order valence-corrected chi connectivity index (χ4v) is 2.53. The van der Waals surface area contributed by atoms with Crippen LogP contribution in [0.2, 0.25) is 0 Å². The predicted molar refractivity (Wildman–Crippen MR) is 73.4 cm³/mol. The van der Waals surface area contributed by atoms with Crippen LogP contribution in [0.1, 0.15) is 31.9 Å². The van der Waals surface area contributed by atoms with E-state index in [0.29, 0.717) is 23.4 Å². The van der Waals surface area contributed by atoms with Crippen LogP contribution in [-0.2, 0) is 0 Å². The van der Waals surface area contributed by atoms with Gasteiger partial charge in [-0.15, -0.1) is 0 Å². The summed E-state index contributed by atoms with van der Waals surface area (Å²) in [4.78, 5) is 19.0. The SMILES string of the molecule is CNc1nc(C)c([N+](=O)[O-])c(NC2CCC(C)C2)n1. The summed E-state index contributed by atoms with van der Waals surface area (Å²) in [6.45, 7) is 3.82. The van der Waals surface area contributed by atoms with Crippen molar-refractivity contribution in [1.82, 2.24) is 9.97 Å². The molecule has 1 saturated carbocycles. The van der Waals surface area contributed by atoms with Gasteiger partial charge < -0.3 is 10.6 Å². The average molecular weight is 265 g/mol. The highest BCUT2D eigenvalue weighted by molar-refractivity contribution is 5.61. The Hall–Kier alpha value is -1.92. The molecule has 1 aliphatic rings. The number of hydrogen-bond acceptors (Lipinski definition) is 6. The van der Waals surface area contributed by atoms with E-state index in [2.05, 4.69) is 27.5 Å². The lowest BCUT2D eigenvalue weighted by Crippen LogP contribution is -2.18. The zero-order valence-corrected chi connectivity index (χ0v) is 11.4. The number of nitrogens with one attached hydrogen (secondary N) is 2. The molecular formula is C12H19N5O2. The van der Waals surface area contributed by atoms with Gasteiger partial charge in [-0.3, -0.25) is 10.1 Å². The van der Waals surface area contributed by atoms with Gasteiger partial charge in [-0.05, 0) is 32.1 Å². The van der Waals surface area contributed by atoms with E-state index in [4.69, 9.17) is 0 Å². The molecule has 0 radical (unpaired) electrons. The van der Waals surface area contributed by atoms with E-state index in [1.165, 1.54) is 0 Å². The monoisotopic (exact) mass is 265 g/mol. The zero-order chi connectivity index (χ0) is 14.0. The Kier molecular flexibility index (Phi) is 3.82. The first-order valence-corrected chi connectivity index (χ1v) is 6.48. The first-order chi connectivity index (χ1) is 9.01. The third kappa shape index (κ3) is 2.91. The van der Waals surface area contributed by atoms with Crippen molar-refractivity contribution in [2.75, 3.05) is 17.7 Å². The topological polar surface area (TPSA) is 93.0 Å². The van der Waals surface area contributed by atoms with Gasteiger partial charge in [0.05, 0.1) is 4.92 Å². The van der Waals surface area contributed by atoms with Gasteiger partial charge >= 0.3 is 5.69 Å². The Bertz CT molecular complexity index is 491. The maximum absolute atomic E-state index is 11.1. The molecule has 0 amide bonds. The van der Waals surface area contributed by atoms with E-state index in [1.54, 1.807) is 14.0 Å². The summed E-state index contributed by atoms with van der Waals surface area (Å²) in [7, 11) is 1.70. The molecule has 2 N–H and O–H groups in total. The normalized spacial score (nSPS) is 22.3. The van der Waals surface area contributed by atoms with E-state index in [-0.39, 0.29) is 11.7 Å². The third-order valence-corrected chi connectivity index (χ3v) is 3.50. The minimum atomic E-state index is -0.421. The van der Waals surface area contributed by atoms with Crippen LogP contribution in [0.25, 0.3) is 0 Å². The number of rotatable bonds is 4. The Balaban J connectivity index is 2.31. The molecule has 1 aliphatic carbocycles. The fraction of sp³-hybridized carbons (Fsp3) is 0.667. The van der Waals surface area contributed by atoms with Crippen LogP contribution in [0.5, 0.6) is 0 Å². The highest BCUT2D eigenvalue weighted by Gasteiger charge is 2.27. The molecule has 1 aromatic heterocycles. The highest BCUT2D eigenvalue weighted by atomic mass is 16.6. The van der Waals surface area contributed by atoms with Crippen molar-refractivity contribution in [3.05, 3.63) is 15.8 Å². The van der Waals surface area contributed by atoms with Gasteiger partial charge in [0.2, 0.25) is 11.8 Å². The molecule has 2 rings (SSSR count). The van der Waals surface area contributed by atoms with Gasteiger partial charge in [-0.1, -0.05) is 6.92 Å². The zero-order valence-electron chi connectivity index (χ0n) is 11.4. The molecule has 7 heteroatoms. The Morgan fingerprint density at radius 1 is 1.37 bits per heavy atom. The number of aryl methyl sites for hydroxylation is 1. The molecule has 0 aromatic carbocycles. The number of nitrogens with zero attached hydrogens (tertiary/aromatic N) is 3. The van der Waals surface area contributed by atoms with Crippen molar-refractivity contribution in [2.45, 2.75) is 39.2 Å². The van der Waals surface area contributed by atoms with Gasteiger partial charge in [0.15, 0.2) is 0 Å². The second-order valence-electron chi connectivity index (χ2n) is 5.10. The number of aromatic nitrogens is 2. The van der Waals surface area contributed by atoms with Crippen LogP contribution in [0.3, 0.4) is 0 Å². The molecule has 1 heterocycles. The summed E-state index contributed by atoms with van der Waals surface area (Å²) in [5.74, 6) is 1.38. The third-order valence-electron chi connectivity index (χ3n) is 3.50. The van der Waals surface area contributed by atoms with Crippen LogP contribution in [0, 0.1) is 23.0 Å². The van der Waals surface area contributed by atoms with Crippen LogP contribution >= 0.6 is 0 Å². The van der Waals surface area contributed by atoms with Crippen molar-refractivity contribution in [2.24, 2.45) is 5.92 Å². The highest BCUT2D eigenvalue weighted by Crippen LogP contribution is 2.32. The fourth-order valence-electron chi connectivity index (χ4n) is 2.53. The molecule has 0 spiro atoms. The molecule has 0 aliphatic heterocycles. The minimum Gasteiger partial charge on any atom is -0.361 e. The number of nitro groups is 1. The Morgan fingerprint density at radius 3 is 2.63 bits per heavy atom. The lowest BCUT2D eigenvalue weighted by Gasteiger charge is -2.14. The maximum atomic E-state index is 11.1. The Labute approximate surface area is 112 Å². The number of anilines is 2. The van der Waals surface area contributed by atoms with E-state index in [9.17, 15) is 10.1 Å². The summed E-state index contributed by atoms with van der Waals surface area (Å²) in [6.07, 6.45) is 3.19. The first kappa shape index (κ1) is 13.5. The van der Waals surface area contributed by atoms with Crippen molar-refractivity contribution in [3.63, 3.8) is 0 Å². The lowest BCUT2D eigenvalue weighted by molar-refractivity contribution is -0.385. The standard InChI is InChI=1S/C12H19N5O2/c1-7-4-5-9(6-7)15-11-10(17(18)19)8(2)14-12(13-3)16-11/h7,9H,4-6H2,1-3H3,(H2,13,14,15,16). The van der Waals surface area contributed by atoms with Crippen LogP contribution < -0.4 is 10.6 Å². The molecule has 0 saturated heterocycles. The van der Waals surface area contributed by atoms with E-state index < -0.39 is 4.92 Å². The molecular weight excluding hydrogens is 246 g/mol. The molecule has 0 bridgehead atoms. The quantitative estimate of drug-likeness (QED) is 0.641. The average Bonchev–Trinajstić information content (AvgIpc) is 2.73. The second kappa shape index (κ2) is 5.38. The predicted octanol–water partition coefficient (Wildman–Crippen LogP) is 2.34. The second-order valence-corrected chi connectivity index (χ2v) is 5.10. The smallest absolute Gasteiger partial charge is 0.332 e. The van der Waals surface area contributed by atoms with Crippen molar-refractivity contribution in [1.29, 1.82) is 0 Å². The van der Waals surface area contributed by atoms with Gasteiger partial charge in [0.25, 0.3) is 0 Å². The Morgan fingerprint density at radius 2 is 2.11 bits per heavy atom. The van der Waals surface area contributed by atoms with Gasteiger partial charge in [0.1, 0.15) is 5.69 Å². The first-order valence-electron chi connectivity index (χ1n) is 6.48.